The standard InChI is InChI=1S/C14H22N3O/c1-16-12(11-17-7-9-18-10-8-17)4-5-14(16)13-3-2-6-15-13/h4-5,13H,2-3,6-11H2,1H3. The summed E-state index contributed by atoms with van der Waals surface area (Å²) in [6.45, 7) is 5.91. The molecule has 4 nitrogen and oxygen atoms in total. The summed E-state index contributed by atoms with van der Waals surface area (Å²) >= 11 is 0. The van der Waals surface area contributed by atoms with E-state index >= 15 is 0 Å². The van der Waals surface area contributed by atoms with Crippen molar-refractivity contribution in [3.63, 3.8) is 0 Å². The highest BCUT2D eigenvalue weighted by atomic mass is 16.5. The Morgan fingerprint density at radius 1 is 1.33 bits per heavy atom. The molecule has 3 rings (SSSR count). The number of hydrogen-bond donors (Lipinski definition) is 0. The molecule has 0 saturated carbocycles. The summed E-state index contributed by atoms with van der Waals surface area (Å²) in [5.41, 5.74) is 2.78. The van der Waals surface area contributed by atoms with Crippen molar-refractivity contribution >= 4 is 0 Å². The van der Waals surface area contributed by atoms with Crippen LogP contribution in [0.3, 0.4) is 0 Å². The van der Waals surface area contributed by atoms with Crippen LogP contribution in [0.4, 0.5) is 0 Å². The minimum Gasteiger partial charge on any atom is -0.379 e. The van der Waals surface area contributed by atoms with Gasteiger partial charge in [-0.3, -0.25) is 4.90 Å². The van der Waals surface area contributed by atoms with Gasteiger partial charge in [0.2, 0.25) is 0 Å². The van der Waals surface area contributed by atoms with Gasteiger partial charge in [0.1, 0.15) is 0 Å². The van der Waals surface area contributed by atoms with E-state index in [9.17, 15) is 0 Å². The van der Waals surface area contributed by atoms with Crippen LogP contribution in [-0.2, 0) is 18.3 Å². The highest BCUT2D eigenvalue weighted by Crippen LogP contribution is 2.26. The monoisotopic (exact) mass is 248 g/mol. The molecule has 2 aliphatic heterocycles. The van der Waals surface area contributed by atoms with E-state index in [4.69, 9.17) is 4.74 Å². The third-order valence-electron chi connectivity index (χ3n) is 4.08. The molecule has 0 spiro atoms. The fraction of sp³-hybridized carbons (Fsp3) is 0.714. The van der Waals surface area contributed by atoms with Crippen LogP contribution in [0.2, 0.25) is 0 Å². The third-order valence-corrected chi connectivity index (χ3v) is 4.08. The molecule has 1 aromatic heterocycles. The Hall–Kier alpha value is -0.840. The maximum Gasteiger partial charge on any atom is 0.0648 e. The molecule has 3 heterocycles. The molecule has 0 aromatic carbocycles. The Kier molecular flexibility index (Phi) is 3.68. The Morgan fingerprint density at radius 2 is 2.17 bits per heavy atom. The molecule has 0 N–H and O–H groups in total. The fourth-order valence-electron chi connectivity index (χ4n) is 2.92. The Balaban J connectivity index is 1.68. The zero-order valence-electron chi connectivity index (χ0n) is 11.1. The van der Waals surface area contributed by atoms with E-state index in [-0.39, 0.29) is 0 Å². The van der Waals surface area contributed by atoms with Crippen molar-refractivity contribution in [2.24, 2.45) is 7.05 Å². The molecule has 18 heavy (non-hydrogen) atoms. The second-order valence-electron chi connectivity index (χ2n) is 5.26. The minimum absolute atomic E-state index is 0.438. The second kappa shape index (κ2) is 5.43. The lowest BCUT2D eigenvalue weighted by molar-refractivity contribution is 0.0332. The van der Waals surface area contributed by atoms with Gasteiger partial charge in [0.25, 0.3) is 0 Å². The van der Waals surface area contributed by atoms with Gasteiger partial charge in [-0.2, -0.15) is 0 Å². The highest BCUT2D eigenvalue weighted by molar-refractivity contribution is 5.20. The fourth-order valence-corrected chi connectivity index (χ4v) is 2.92. The molecule has 1 unspecified atom stereocenters. The molecule has 2 fully saturated rings. The summed E-state index contributed by atoms with van der Waals surface area (Å²) in [5, 5.41) is 4.67. The molecule has 0 amide bonds. The molecule has 4 heteroatoms. The first-order valence-corrected chi connectivity index (χ1v) is 6.96. The van der Waals surface area contributed by atoms with Crippen LogP contribution >= 0.6 is 0 Å². The van der Waals surface area contributed by atoms with Gasteiger partial charge in [-0.25, -0.2) is 5.32 Å². The van der Waals surface area contributed by atoms with Crippen molar-refractivity contribution in [2.75, 3.05) is 32.8 Å². The topological polar surface area (TPSA) is 31.5 Å². The molecular weight excluding hydrogens is 226 g/mol. The van der Waals surface area contributed by atoms with Gasteiger partial charge < -0.3 is 9.30 Å². The Bertz CT molecular complexity index is 390. The number of ether oxygens (including phenoxy) is 1. The number of hydrogen-bond acceptors (Lipinski definition) is 2. The SMILES string of the molecule is Cn1c(CN2CCOCC2)ccc1C1CCC[N]1. The van der Waals surface area contributed by atoms with Crippen LogP contribution in [0.1, 0.15) is 30.3 Å². The van der Waals surface area contributed by atoms with E-state index in [1.54, 1.807) is 0 Å². The largest absolute Gasteiger partial charge is 0.379 e. The second-order valence-corrected chi connectivity index (χ2v) is 5.26. The summed E-state index contributed by atoms with van der Waals surface area (Å²) in [5.74, 6) is 0. The average Bonchev–Trinajstić information content (AvgIpc) is 3.02. The molecule has 1 atom stereocenters. The van der Waals surface area contributed by atoms with Gasteiger partial charge in [-0.05, 0) is 25.0 Å². The van der Waals surface area contributed by atoms with E-state index in [0.29, 0.717) is 6.04 Å². The molecule has 2 saturated heterocycles. The normalized spacial score (nSPS) is 25.7. The number of morpholine rings is 1. The lowest BCUT2D eigenvalue weighted by Crippen LogP contribution is -2.36. The van der Waals surface area contributed by atoms with E-state index in [1.165, 1.54) is 24.2 Å². The molecule has 2 aliphatic rings. The Morgan fingerprint density at radius 3 is 2.89 bits per heavy atom. The zero-order chi connectivity index (χ0) is 12.4. The van der Waals surface area contributed by atoms with Crippen molar-refractivity contribution in [3.05, 3.63) is 23.5 Å². The van der Waals surface area contributed by atoms with Gasteiger partial charge >= 0.3 is 0 Å². The molecule has 1 radical (unpaired) electrons. The van der Waals surface area contributed by atoms with E-state index in [2.05, 4.69) is 34.0 Å². The first-order chi connectivity index (χ1) is 8.84. The Labute approximate surface area is 109 Å². The minimum atomic E-state index is 0.438. The van der Waals surface area contributed by atoms with Crippen molar-refractivity contribution < 1.29 is 4.74 Å². The van der Waals surface area contributed by atoms with Crippen LogP contribution in [0.15, 0.2) is 12.1 Å². The number of aromatic nitrogens is 1. The van der Waals surface area contributed by atoms with Crippen LogP contribution < -0.4 is 5.32 Å². The van der Waals surface area contributed by atoms with Crippen LogP contribution in [0.25, 0.3) is 0 Å². The molecule has 0 bridgehead atoms. The zero-order valence-corrected chi connectivity index (χ0v) is 11.1. The average molecular weight is 248 g/mol. The summed E-state index contributed by atoms with van der Waals surface area (Å²) in [4.78, 5) is 2.47. The molecule has 1 aromatic rings. The van der Waals surface area contributed by atoms with E-state index in [0.717, 1.165) is 39.4 Å². The summed E-state index contributed by atoms with van der Waals surface area (Å²) in [6.07, 6.45) is 2.46. The van der Waals surface area contributed by atoms with Gasteiger partial charge in [-0.15, -0.1) is 0 Å². The maximum atomic E-state index is 5.39. The summed E-state index contributed by atoms with van der Waals surface area (Å²) in [6, 6.07) is 4.96. The lowest BCUT2D eigenvalue weighted by atomic mass is 10.2. The van der Waals surface area contributed by atoms with Crippen molar-refractivity contribution in [3.8, 4) is 0 Å². The third kappa shape index (κ3) is 2.46. The maximum absolute atomic E-state index is 5.39. The van der Waals surface area contributed by atoms with Gasteiger partial charge in [-0.1, -0.05) is 0 Å². The van der Waals surface area contributed by atoms with E-state index in [1.807, 2.05) is 0 Å². The predicted molar refractivity (Wildman–Crippen MR) is 70.5 cm³/mol. The lowest BCUT2D eigenvalue weighted by Gasteiger charge is -2.27. The van der Waals surface area contributed by atoms with Gasteiger partial charge in [0, 0.05) is 44.6 Å². The first kappa shape index (κ1) is 12.2. The first-order valence-electron chi connectivity index (χ1n) is 6.96. The van der Waals surface area contributed by atoms with E-state index < -0.39 is 0 Å². The predicted octanol–water partition coefficient (Wildman–Crippen LogP) is 1.30. The van der Waals surface area contributed by atoms with Crippen molar-refractivity contribution in [1.82, 2.24) is 14.8 Å². The van der Waals surface area contributed by atoms with Crippen LogP contribution in [0, 0.1) is 0 Å². The van der Waals surface area contributed by atoms with Crippen molar-refractivity contribution in [1.29, 1.82) is 0 Å². The van der Waals surface area contributed by atoms with Crippen LogP contribution in [0.5, 0.6) is 0 Å². The number of rotatable bonds is 3. The summed E-state index contributed by atoms with van der Waals surface area (Å²) < 4.78 is 7.73. The smallest absolute Gasteiger partial charge is 0.0648 e. The highest BCUT2D eigenvalue weighted by Gasteiger charge is 2.21. The van der Waals surface area contributed by atoms with Crippen LogP contribution in [-0.4, -0.2) is 42.3 Å². The quantitative estimate of drug-likeness (QED) is 0.807. The van der Waals surface area contributed by atoms with Gasteiger partial charge in [0.15, 0.2) is 0 Å². The number of nitrogens with zero attached hydrogens (tertiary/aromatic N) is 3. The van der Waals surface area contributed by atoms with Gasteiger partial charge in [0.05, 0.1) is 19.3 Å². The molecular formula is C14H22N3O. The summed E-state index contributed by atoms with van der Waals surface area (Å²) in [7, 11) is 2.18. The molecule has 99 valence electrons. The molecule has 0 aliphatic carbocycles. The van der Waals surface area contributed by atoms with Crippen molar-refractivity contribution in [2.45, 2.75) is 25.4 Å².